The zero-order chi connectivity index (χ0) is 10.6. The smallest absolute Gasteiger partial charge is 0.255 e. The van der Waals surface area contributed by atoms with Crippen LogP contribution in [-0.4, -0.2) is 49.6 Å². The predicted octanol–water partition coefficient (Wildman–Crippen LogP) is -0.172. The van der Waals surface area contributed by atoms with E-state index < -0.39 is 13.0 Å². The second kappa shape index (κ2) is 5.21. The van der Waals surface area contributed by atoms with Crippen molar-refractivity contribution in [2.75, 3.05) is 26.2 Å². The molecule has 1 heterocycles. The van der Waals surface area contributed by atoms with Gasteiger partial charge in [0.05, 0.1) is 12.6 Å². The molecule has 0 aromatic heterocycles. The maximum Gasteiger partial charge on any atom is 0.255 e. The van der Waals surface area contributed by atoms with Gasteiger partial charge in [0.15, 0.2) is 0 Å². The topological polar surface area (TPSA) is 55.6 Å². The largest absolute Gasteiger partial charge is 0.367 e. The van der Waals surface area contributed by atoms with Gasteiger partial charge in [0, 0.05) is 13.1 Å². The van der Waals surface area contributed by atoms with Crippen LogP contribution in [0.2, 0.25) is 0 Å². The first-order valence-electron chi connectivity index (χ1n) is 4.51. The van der Waals surface area contributed by atoms with Crippen molar-refractivity contribution in [3.8, 4) is 0 Å². The summed E-state index contributed by atoms with van der Waals surface area (Å²) in [7, 11) is 0. The molecule has 1 aliphatic rings. The summed E-state index contributed by atoms with van der Waals surface area (Å²) in [6.07, 6.45) is -2.16. The van der Waals surface area contributed by atoms with Crippen LogP contribution in [0.3, 0.4) is 0 Å². The molecule has 4 nitrogen and oxygen atoms in total. The Kier molecular flexibility index (Phi) is 4.21. The summed E-state index contributed by atoms with van der Waals surface area (Å²) in [5, 5.41) is 0. The second-order valence-corrected chi connectivity index (χ2v) is 3.19. The summed E-state index contributed by atoms with van der Waals surface area (Å²) in [5.41, 5.74) is 5.36. The Labute approximate surface area is 81.0 Å². The van der Waals surface area contributed by atoms with Gasteiger partial charge in [-0.3, -0.25) is 4.79 Å². The zero-order valence-corrected chi connectivity index (χ0v) is 7.79. The molecule has 1 atom stereocenters. The van der Waals surface area contributed by atoms with Crippen LogP contribution < -0.4 is 5.73 Å². The quantitative estimate of drug-likeness (QED) is 0.700. The molecule has 6 heteroatoms. The first kappa shape index (κ1) is 11.3. The van der Waals surface area contributed by atoms with E-state index in [0.717, 1.165) is 4.90 Å². The number of carbonyl (C=O) groups excluding carboxylic acids is 1. The number of amides is 1. The fourth-order valence-electron chi connectivity index (χ4n) is 1.33. The fraction of sp³-hybridized carbons (Fsp3) is 0.875. The van der Waals surface area contributed by atoms with E-state index in [4.69, 9.17) is 10.5 Å². The molecule has 2 N–H and O–H groups in total. The first-order chi connectivity index (χ1) is 6.63. The van der Waals surface area contributed by atoms with Crippen LogP contribution in [0.5, 0.6) is 0 Å². The molecule has 82 valence electrons. The Morgan fingerprint density at radius 2 is 2.36 bits per heavy atom. The van der Waals surface area contributed by atoms with E-state index in [1.165, 1.54) is 0 Å². The SMILES string of the molecule is NCC1CCN(CC(F)F)C(=O)CO1. The van der Waals surface area contributed by atoms with Crippen molar-refractivity contribution in [2.24, 2.45) is 5.73 Å². The van der Waals surface area contributed by atoms with Crippen molar-refractivity contribution in [3.05, 3.63) is 0 Å². The molecule has 0 aliphatic carbocycles. The third-order valence-electron chi connectivity index (χ3n) is 2.14. The van der Waals surface area contributed by atoms with Gasteiger partial charge in [-0.05, 0) is 6.42 Å². The summed E-state index contributed by atoms with van der Waals surface area (Å²) >= 11 is 0. The van der Waals surface area contributed by atoms with E-state index in [-0.39, 0.29) is 18.6 Å². The lowest BCUT2D eigenvalue weighted by Crippen LogP contribution is -2.36. The van der Waals surface area contributed by atoms with Crippen LogP contribution in [-0.2, 0) is 9.53 Å². The van der Waals surface area contributed by atoms with E-state index >= 15 is 0 Å². The third-order valence-corrected chi connectivity index (χ3v) is 2.14. The molecular formula is C8H14F2N2O2. The average Bonchev–Trinajstić information content (AvgIpc) is 2.30. The van der Waals surface area contributed by atoms with Gasteiger partial charge in [-0.25, -0.2) is 8.78 Å². The molecule has 1 fully saturated rings. The van der Waals surface area contributed by atoms with Crippen LogP contribution in [0, 0.1) is 0 Å². The number of alkyl halides is 2. The second-order valence-electron chi connectivity index (χ2n) is 3.19. The molecule has 0 bridgehead atoms. The number of ether oxygens (including phenoxy) is 1. The first-order valence-corrected chi connectivity index (χ1v) is 4.51. The predicted molar refractivity (Wildman–Crippen MR) is 46.0 cm³/mol. The minimum atomic E-state index is -2.49. The lowest BCUT2D eigenvalue weighted by molar-refractivity contribution is -0.136. The van der Waals surface area contributed by atoms with Gasteiger partial charge in [-0.1, -0.05) is 0 Å². The number of rotatable bonds is 3. The highest BCUT2D eigenvalue weighted by molar-refractivity contribution is 5.77. The van der Waals surface area contributed by atoms with Gasteiger partial charge in [0.2, 0.25) is 5.91 Å². The van der Waals surface area contributed by atoms with Gasteiger partial charge in [0.25, 0.3) is 6.43 Å². The molecule has 1 saturated heterocycles. The molecule has 1 rings (SSSR count). The summed E-state index contributed by atoms with van der Waals surface area (Å²) in [5.74, 6) is -0.388. The average molecular weight is 208 g/mol. The number of nitrogens with two attached hydrogens (primary N) is 1. The highest BCUT2D eigenvalue weighted by Gasteiger charge is 2.24. The molecule has 0 aromatic rings. The standard InChI is InChI=1S/C8H14F2N2O2/c9-7(10)4-12-2-1-6(3-11)14-5-8(12)13/h6-7H,1-5,11H2. The highest BCUT2D eigenvalue weighted by Crippen LogP contribution is 2.08. The summed E-state index contributed by atoms with van der Waals surface area (Å²) in [4.78, 5) is 12.4. The minimum absolute atomic E-state index is 0.144. The summed E-state index contributed by atoms with van der Waals surface area (Å²) in [6, 6.07) is 0. The summed E-state index contributed by atoms with van der Waals surface area (Å²) < 4.78 is 29.2. The van der Waals surface area contributed by atoms with Gasteiger partial charge in [0.1, 0.15) is 6.61 Å². The zero-order valence-electron chi connectivity index (χ0n) is 7.79. The molecule has 0 aromatic carbocycles. The summed E-state index contributed by atoms with van der Waals surface area (Å²) in [6.45, 7) is -0.0467. The normalized spacial score (nSPS) is 24.1. The Bertz CT molecular complexity index is 202. The molecule has 1 unspecified atom stereocenters. The number of carbonyl (C=O) groups is 1. The Hall–Kier alpha value is -0.750. The van der Waals surface area contributed by atoms with Crippen molar-refractivity contribution in [1.82, 2.24) is 4.90 Å². The van der Waals surface area contributed by atoms with Gasteiger partial charge in [-0.2, -0.15) is 0 Å². The van der Waals surface area contributed by atoms with E-state index in [1.54, 1.807) is 0 Å². The molecule has 14 heavy (non-hydrogen) atoms. The van der Waals surface area contributed by atoms with E-state index in [2.05, 4.69) is 0 Å². The fourth-order valence-corrected chi connectivity index (χ4v) is 1.33. The molecule has 1 aliphatic heterocycles. The Morgan fingerprint density at radius 3 is 2.93 bits per heavy atom. The monoisotopic (exact) mass is 208 g/mol. The van der Waals surface area contributed by atoms with Crippen molar-refractivity contribution >= 4 is 5.91 Å². The van der Waals surface area contributed by atoms with Crippen molar-refractivity contribution in [1.29, 1.82) is 0 Å². The molecule has 0 radical (unpaired) electrons. The number of hydrogen-bond acceptors (Lipinski definition) is 3. The molecular weight excluding hydrogens is 194 g/mol. The number of hydrogen-bond donors (Lipinski definition) is 1. The number of halogens is 2. The van der Waals surface area contributed by atoms with Gasteiger partial charge >= 0.3 is 0 Å². The van der Waals surface area contributed by atoms with Gasteiger partial charge < -0.3 is 15.4 Å². The van der Waals surface area contributed by atoms with Gasteiger partial charge in [-0.15, -0.1) is 0 Å². The van der Waals surface area contributed by atoms with Crippen molar-refractivity contribution in [3.63, 3.8) is 0 Å². The lowest BCUT2D eigenvalue weighted by Gasteiger charge is -2.18. The Morgan fingerprint density at radius 1 is 1.64 bits per heavy atom. The van der Waals surface area contributed by atoms with Crippen LogP contribution in [0.15, 0.2) is 0 Å². The highest BCUT2D eigenvalue weighted by atomic mass is 19.3. The van der Waals surface area contributed by atoms with Crippen LogP contribution in [0.25, 0.3) is 0 Å². The number of nitrogens with zero attached hydrogens (tertiary/aromatic N) is 1. The molecule has 0 spiro atoms. The molecule has 1 amide bonds. The maximum atomic E-state index is 12.0. The van der Waals surface area contributed by atoms with E-state index in [9.17, 15) is 13.6 Å². The van der Waals surface area contributed by atoms with E-state index in [0.29, 0.717) is 19.5 Å². The van der Waals surface area contributed by atoms with Crippen molar-refractivity contribution in [2.45, 2.75) is 19.0 Å². The minimum Gasteiger partial charge on any atom is -0.367 e. The lowest BCUT2D eigenvalue weighted by atomic mass is 10.2. The van der Waals surface area contributed by atoms with Crippen LogP contribution in [0.4, 0.5) is 8.78 Å². The van der Waals surface area contributed by atoms with Crippen molar-refractivity contribution < 1.29 is 18.3 Å². The third kappa shape index (κ3) is 3.19. The van der Waals surface area contributed by atoms with Crippen LogP contribution in [0.1, 0.15) is 6.42 Å². The maximum absolute atomic E-state index is 12.0. The van der Waals surface area contributed by atoms with Crippen LogP contribution >= 0.6 is 0 Å². The Balaban J connectivity index is 2.47. The van der Waals surface area contributed by atoms with E-state index in [1.807, 2.05) is 0 Å². The molecule has 0 saturated carbocycles.